The van der Waals surface area contributed by atoms with Gasteiger partial charge in [0.25, 0.3) is 0 Å². The van der Waals surface area contributed by atoms with Crippen LogP contribution in [0.1, 0.15) is 41.5 Å². The van der Waals surface area contributed by atoms with Gasteiger partial charge in [0, 0.05) is 33.4 Å². The number of hydrogen-bond donors (Lipinski definition) is 9. The Kier molecular flexibility index (Phi) is 58.3. The van der Waals surface area contributed by atoms with Crippen molar-refractivity contribution in [1.82, 2.24) is 0 Å². The lowest BCUT2D eigenvalue weighted by atomic mass is 10.4. The Balaban J connectivity index is -0.0000000379. The summed E-state index contributed by atoms with van der Waals surface area (Å²) in [6.45, 7) is 27.6. The van der Waals surface area contributed by atoms with Crippen molar-refractivity contribution in [3.63, 3.8) is 0 Å². The van der Waals surface area contributed by atoms with Crippen molar-refractivity contribution in [1.29, 1.82) is 0 Å². The Morgan fingerprint density at radius 3 is 0.386 bits per heavy atom. The minimum Gasteiger partial charge on any atom is -0.478 e. The lowest BCUT2D eigenvalue weighted by molar-refractivity contribution is -0.133. The fourth-order valence-electron chi connectivity index (χ4n) is 0. The molecule has 44 heavy (non-hydrogen) atoms. The summed E-state index contributed by atoms with van der Waals surface area (Å²) in [5.41, 5.74) is 1.06. The number of hydrogen-bond acceptors (Lipinski definition) is 7. The van der Waals surface area contributed by atoms with Gasteiger partial charge in [-0.05, 0) is 41.5 Å². The van der Waals surface area contributed by atoms with Crippen molar-refractivity contribution >= 4 is 43.6 Å². The molecular formula is C24H45O19P. The van der Waals surface area contributed by atoms with Gasteiger partial charge in [0.1, 0.15) is 0 Å². The number of phosphoric acid groups is 1. The van der Waals surface area contributed by atoms with Crippen molar-refractivity contribution < 1.29 is 95.1 Å². The predicted octanol–water partition coefficient (Wildman–Crippen LogP) is 0.480. The van der Waals surface area contributed by atoms with E-state index in [9.17, 15) is 28.8 Å². The highest BCUT2D eigenvalue weighted by Gasteiger charge is 2.00. The smallest absolute Gasteiger partial charge is 0.466 e. The number of carboxylic acids is 6. The lowest BCUT2D eigenvalue weighted by Gasteiger charge is -1.82. The highest BCUT2D eigenvalue weighted by atomic mass is 31.2. The largest absolute Gasteiger partial charge is 0.478 e. The van der Waals surface area contributed by atoms with Crippen molar-refractivity contribution in [3.05, 3.63) is 72.9 Å². The zero-order valence-electron chi connectivity index (χ0n) is 25.1. The van der Waals surface area contributed by atoms with Crippen LogP contribution < -0.4 is 0 Å². The van der Waals surface area contributed by atoms with Crippen LogP contribution in [0.4, 0.5) is 0 Å². The van der Waals surface area contributed by atoms with Crippen LogP contribution in [0.15, 0.2) is 72.9 Å². The van der Waals surface area contributed by atoms with Crippen LogP contribution in [0, 0.1) is 0 Å². The molecule has 0 heterocycles. The first kappa shape index (κ1) is 67.1. The van der Waals surface area contributed by atoms with Gasteiger partial charge in [-0.2, -0.15) is 0 Å². The summed E-state index contributed by atoms with van der Waals surface area (Å²) in [6, 6.07) is 0. The van der Waals surface area contributed by atoms with Gasteiger partial charge in [-0.25, -0.2) is 33.3 Å². The molecule has 0 unspecified atom stereocenters. The van der Waals surface area contributed by atoms with Gasteiger partial charge in [-0.1, -0.05) is 39.5 Å². The highest BCUT2D eigenvalue weighted by Crippen LogP contribution is 2.25. The maximum Gasteiger partial charge on any atom is 0.466 e. The van der Waals surface area contributed by atoms with Gasteiger partial charge in [-0.3, -0.25) is 0 Å². The van der Waals surface area contributed by atoms with Crippen molar-refractivity contribution in [3.8, 4) is 0 Å². The summed E-state index contributed by atoms with van der Waals surface area (Å²) in [4.78, 5) is 79.2. The second-order valence-electron chi connectivity index (χ2n) is 7.03. The van der Waals surface area contributed by atoms with Crippen LogP contribution in [0.5, 0.6) is 0 Å². The van der Waals surface area contributed by atoms with E-state index in [0.29, 0.717) is 0 Å². The van der Waals surface area contributed by atoms with Crippen molar-refractivity contribution in [2.45, 2.75) is 41.5 Å². The van der Waals surface area contributed by atoms with E-state index in [0.717, 1.165) is 0 Å². The van der Waals surface area contributed by atoms with Gasteiger partial charge in [0.05, 0.1) is 0 Å². The molecule has 260 valence electrons. The van der Waals surface area contributed by atoms with E-state index in [1.165, 1.54) is 41.5 Å². The molecule has 0 aliphatic heterocycles. The van der Waals surface area contributed by atoms with Crippen LogP contribution in [0.25, 0.3) is 0 Å². The minimum atomic E-state index is -4.64. The van der Waals surface area contributed by atoms with Crippen molar-refractivity contribution in [2.75, 3.05) is 0 Å². The van der Waals surface area contributed by atoms with E-state index in [4.69, 9.17) is 49.9 Å². The Morgan fingerprint density at radius 1 is 0.364 bits per heavy atom. The fraction of sp³-hybridized carbons (Fsp3) is 0.250. The summed E-state index contributed by atoms with van der Waals surface area (Å²) in [7, 11) is -4.64. The second-order valence-corrected chi connectivity index (χ2v) is 8.05. The molecule has 0 saturated carbocycles. The van der Waals surface area contributed by atoms with Gasteiger partial charge in [-0.15, -0.1) is 0 Å². The van der Waals surface area contributed by atoms with Crippen LogP contribution in [-0.4, -0.2) is 97.6 Å². The molecule has 0 aromatic rings. The molecule has 0 aliphatic carbocycles. The molecular weight excluding hydrogens is 623 g/mol. The van der Waals surface area contributed by atoms with Crippen LogP contribution in [-0.2, 0) is 33.3 Å². The third kappa shape index (κ3) is 132. The first-order chi connectivity index (χ1) is 17.9. The maximum absolute atomic E-state index is 9.60. The molecule has 0 rings (SSSR count). The van der Waals surface area contributed by atoms with Crippen molar-refractivity contribution in [2.24, 2.45) is 0 Å². The fourth-order valence-corrected chi connectivity index (χ4v) is 0. The first-order valence-electron chi connectivity index (χ1n) is 9.97. The summed E-state index contributed by atoms with van der Waals surface area (Å²) < 4.78 is 8.88. The zero-order valence-corrected chi connectivity index (χ0v) is 26.0. The van der Waals surface area contributed by atoms with E-state index >= 15 is 0 Å². The molecule has 0 aromatic heterocycles. The molecule has 0 saturated heterocycles. The maximum atomic E-state index is 9.60. The van der Waals surface area contributed by atoms with Crippen LogP contribution in [0.3, 0.4) is 0 Å². The third-order valence-corrected chi connectivity index (χ3v) is 2.19. The number of rotatable bonds is 6. The topological polar surface area (TPSA) is 396 Å². The summed E-state index contributed by atoms with van der Waals surface area (Å²) in [5.74, 6) is -5.61. The monoisotopic (exact) mass is 668 g/mol. The Morgan fingerprint density at radius 2 is 0.386 bits per heavy atom. The Labute approximate surface area is 253 Å². The summed E-state index contributed by atoms with van der Waals surface area (Å²) >= 11 is 0. The molecule has 0 aromatic carbocycles. The molecule has 0 amide bonds. The van der Waals surface area contributed by atoms with Crippen LogP contribution in [0.2, 0.25) is 0 Å². The first-order valence-corrected chi connectivity index (χ1v) is 11.5. The molecule has 15 N–H and O–H groups in total. The normalized spacial score (nSPS) is 7.48. The molecule has 20 heteroatoms. The molecule has 0 bridgehead atoms. The molecule has 0 atom stereocenters. The number of aliphatic carboxylic acids is 6. The third-order valence-electron chi connectivity index (χ3n) is 2.19. The van der Waals surface area contributed by atoms with Gasteiger partial charge in [0.2, 0.25) is 0 Å². The minimum absolute atomic E-state index is 0. The molecule has 0 spiro atoms. The summed E-state index contributed by atoms with van der Waals surface area (Å²) in [5, 5.41) is 47.3. The SMILES string of the molecule is C=C(C)C(=O)O.C=C(C)C(=O)O.C=C(C)C(=O)O.C=C(C)C(=O)O.C=C(C)C(=O)O.C=C(C)C(=O)O.O.O.O.O=P(O)(O)O. The Bertz CT molecular complexity index is 766. The standard InChI is InChI=1S/6C4H6O2.H3O4P.3H2O/c6*1-3(2)4(5)6;1-5(2,3)4;;;/h6*1H2,2H3,(H,5,6);(H3,1,2,3,4);3*1H2. The highest BCUT2D eigenvalue weighted by molar-refractivity contribution is 7.45. The molecule has 19 nitrogen and oxygen atoms in total. The van der Waals surface area contributed by atoms with E-state index in [2.05, 4.69) is 39.5 Å². The Hall–Kier alpha value is -4.75. The average molecular weight is 669 g/mol. The van der Waals surface area contributed by atoms with E-state index in [-0.39, 0.29) is 49.9 Å². The molecule has 0 fully saturated rings. The summed E-state index contributed by atoms with van der Waals surface area (Å²) in [6.07, 6.45) is 0. The lowest BCUT2D eigenvalue weighted by Crippen LogP contribution is -1.92. The van der Waals surface area contributed by atoms with E-state index < -0.39 is 43.6 Å². The predicted molar refractivity (Wildman–Crippen MR) is 160 cm³/mol. The van der Waals surface area contributed by atoms with Crippen LogP contribution >= 0.6 is 7.82 Å². The van der Waals surface area contributed by atoms with E-state index in [1.807, 2.05) is 0 Å². The number of carbonyl (C=O) groups is 6. The van der Waals surface area contributed by atoms with Gasteiger partial charge >= 0.3 is 43.6 Å². The van der Waals surface area contributed by atoms with Gasteiger partial charge < -0.3 is 61.7 Å². The average Bonchev–Trinajstić information content (AvgIpc) is 2.74. The molecule has 0 radical (unpaired) electrons. The quantitative estimate of drug-likeness (QED) is 0.137. The zero-order chi connectivity index (χ0) is 35.4. The molecule has 0 aliphatic rings. The van der Waals surface area contributed by atoms with E-state index in [1.54, 1.807) is 0 Å². The number of carboxylic acid groups (broad SMARTS) is 6. The van der Waals surface area contributed by atoms with Gasteiger partial charge in [0.15, 0.2) is 0 Å². The second kappa shape index (κ2) is 38.2.